The standard InChI is InChI=1S/C21H20ClN3O4S/c1-13-12-17(24-20(26)16-6-3-9-29-16)30-19(13)21(27)23-15-5-2-4-14(22)18(15)25-7-10-28-11-8-25/h2-6,9,12H,7-8,10-11H2,1H3,(H,23,27)(H,24,26). The molecule has 3 aromatic rings. The first-order valence-electron chi connectivity index (χ1n) is 9.41. The van der Waals surface area contributed by atoms with Crippen LogP contribution in [0.4, 0.5) is 16.4 Å². The van der Waals surface area contributed by atoms with E-state index in [0.717, 1.165) is 11.3 Å². The molecular weight excluding hydrogens is 426 g/mol. The van der Waals surface area contributed by atoms with Gasteiger partial charge in [0.15, 0.2) is 5.76 Å². The Kier molecular flexibility index (Phi) is 6.08. The maximum absolute atomic E-state index is 13.0. The summed E-state index contributed by atoms with van der Waals surface area (Å²) in [6.45, 7) is 4.46. The van der Waals surface area contributed by atoms with Crippen LogP contribution in [0.1, 0.15) is 25.8 Å². The molecule has 9 heteroatoms. The number of thiophene rings is 1. The lowest BCUT2D eigenvalue weighted by Gasteiger charge is -2.31. The van der Waals surface area contributed by atoms with Crippen LogP contribution in [0.15, 0.2) is 47.1 Å². The second-order valence-corrected chi connectivity index (χ2v) is 8.20. The van der Waals surface area contributed by atoms with E-state index in [1.54, 1.807) is 30.3 Å². The molecule has 7 nitrogen and oxygen atoms in total. The Morgan fingerprint density at radius 3 is 2.63 bits per heavy atom. The van der Waals surface area contributed by atoms with Gasteiger partial charge < -0.3 is 24.7 Å². The van der Waals surface area contributed by atoms with Crippen molar-refractivity contribution in [1.82, 2.24) is 0 Å². The number of carbonyl (C=O) groups is 2. The van der Waals surface area contributed by atoms with Gasteiger partial charge in [0.2, 0.25) is 0 Å². The van der Waals surface area contributed by atoms with E-state index in [9.17, 15) is 9.59 Å². The molecule has 0 saturated carbocycles. The fraction of sp³-hybridized carbons (Fsp3) is 0.238. The van der Waals surface area contributed by atoms with E-state index in [2.05, 4.69) is 15.5 Å². The number of benzene rings is 1. The highest BCUT2D eigenvalue weighted by atomic mass is 35.5. The normalized spacial score (nSPS) is 13.9. The molecule has 0 atom stereocenters. The van der Waals surface area contributed by atoms with E-state index in [4.69, 9.17) is 20.8 Å². The fourth-order valence-electron chi connectivity index (χ4n) is 3.25. The smallest absolute Gasteiger partial charge is 0.291 e. The predicted octanol–water partition coefficient (Wildman–Crippen LogP) is 4.64. The van der Waals surface area contributed by atoms with Crippen molar-refractivity contribution in [3.8, 4) is 0 Å². The van der Waals surface area contributed by atoms with Gasteiger partial charge in [-0.1, -0.05) is 17.7 Å². The number of halogens is 1. The van der Waals surface area contributed by atoms with Crippen LogP contribution in [0, 0.1) is 6.92 Å². The Balaban J connectivity index is 1.53. The SMILES string of the molecule is Cc1cc(NC(=O)c2ccco2)sc1C(=O)Nc1cccc(Cl)c1N1CCOCC1. The molecule has 1 aliphatic rings. The van der Waals surface area contributed by atoms with Crippen LogP contribution >= 0.6 is 22.9 Å². The average molecular weight is 446 g/mol. The molecule has 1 aromatic carbocycles. The molecule has 1 aliphatic heterocycles. The van der Waals surface area contributed by atoms with Gasteiger partial charge in [0, 0.05) is 13.1 Å². The zero-order valence-corrected chi connectivity index (χ0v) is 17.8. The molecule has 0 unspecified atom stereocenters. The van der Waals surface area contributed by atoms with E-state index in [0.29, 0.717) is 46.9 Å². The minimum Gasteiger partial charge on any atom is -0.459 e. The summed E-state index contributed by atoms with van der Waals surface area (Å²) in [5.74, 6) is -0.411. The highest BCUT2D eigenvalue weighted by molar-refractivity contribution is 7.18. The third-order valence-corrected chi connectivity index (χ3v) is 6.12. The molecule has 2 amide bonds. The van der Waals surface area contributed by atoms with E-state index in [1.807, 2.05) is 13.0 Å². The van der Waals surface area contributed by atoms with Gasteiger partial charge >= 0.3 is 0 Å². The number of amides is 2. The summed E-state index contributed by atoms with van der Waals surface area (Å²) < 4.78 is 10.5. The number of ether oxygens (including phenoxy) is 1. The number of nitrogens with one attached hydrogen (secondary N) is 2. The summed E-state index contributed by atoms with van der Waals surface area (Å²) in [7, 11) is 0. The summed E-state index contributed by atoms with van der Waals surface area (Å²) in [5, 5.41) is 6.87. The second kappa shape index (κ2) is 8.91. The number of furan rings is 1. The van der Waals surface area contributed by atoms with Crippen LogP contribution in [-0.4, -0.2) is 38.1 Å². The van der Waals surface area contributed by atoms with Crippen molar-refractivity contribution in [1.29, 1.82) is 0 Å². The number of para-hydroxylation sites is 1. The molecule has 0 radical (unpaired) electrons. The van der Waals surface area contributed by atoms with Crippen LogP contribution in [-0.2, 0) is 4.74 Å². The van der Waals surface area contributed by atoms with Gasteiger partial charge in [0.25, 0.3) is 11.8 Å². The quantitative estimate of drug-likeness (QED) is 0.597. The molecule has 30 heavy (non-hydrogen) atoms. The Bertz CT molecular complexity index is 1060. The third kappa shape index (κ3) is 4.35. The highest BCUT2D eigenvalue weighted by Gasteiger charge is 2.21. The molecule has 0 spiro atoms. The van der Waals surface area contributed by atoms with Gasteiger partial charge in [0.1, 0.15) is 0 Å². The molecule has 1 fully saturated rings. The Labute approximate surface area is 182 Å². The largest absolute Gasteiger partial charge is 0.459 e. The summed E-state index contributed by atoms with van der Waals surface area (Å²) in [5.41, 5.74) is 2.20. The van der Waals surface area contributed by atoms with E-state index in [-0.39, 0.29) is 17.6 Å². The molecule has 0 aliphatic carbocycles. The first-order chi connectivity index (χ1) is 14.5. The van der Waals surface area contributed by atoms with E-state index < -0.39 is 0 Å². The second-order valence-electron chi connectivity index (χ2n) is 6.74. The van der Waals surface area contributed by atoms with Crippen molar-refractivity contribution in [2.45, 2.75) is 6.92 Å². The Hall–Kier alpha value is -2.81. The Morgan fingerprint density at radius 2 is 1.90 bits per heavy atom. The van der Waals surface area contributed by atoms with E-state index >= 15 is 0 Å². The van der Waals surface area contributed by atoms with Gasteiger partial charge in [-0.3, -0.25) is 9.59 Å². The predicted molar refractivity (Wildman–Crippen MR) is 118 cm³/mol. The molecule has 1 saturated heterocycles. The lowest BCUT2D eigenvalue weighted by Crippen LogP contribution is -2.37. The highest BCUT2D eigenvalue weighted by Crippen LogP contribution is 2.35. The molecule has 156 valence electrons. The number of hydrogen-bond acceptors (Lipinski definition) is 6. The number of anilines is 3. The first-order valence-corrected chi connectivity index (χ1v) is 10.6. The third-order valence-electron chi connectivity index (χ3n) is 4.67. The van der Waals surface area contributed by atoms with Crippen molar-refractivity contribution in [2.75, 3.05) is 41.8 Å². The molecule has 3 heterocycles. The molecule has 2 aromatic heterocycles. The monoisotopic (exact) mass is 445 g/mol. The van der Waals surface area contributed by atoms with Crippen molar-refractivity contribution in [3.63, 3.8) is 0 Å². The van der Waals surface area contributed by atoms with Gasteiger partial charge in [0.05, 0.1) is 45.8 Å². The number of carbonyl (C=O) groups excluding carboxylic acids is 2. The summed E-state index contributed by atoms with van der Waals surface area (Å²) in [4.78, 5) is 27.8. The topological polar surface area (TPSA) is 83.8 Å². The first kappa shape index (κ1) is 20.5. The maximum atomic E-state index is 13.0. The number of hydrogen-bond donors (Lipinski definition) is 2. The number of rotatable bonds is 5. The number of nitrogens with zero attached hydrogens (tertiary/aromatic N) is 1. The van der Waals surface area contributed by atoms with Gasteiger partial charge in [-0.15, -0.1) is 11.3 Å². The van der Waals surface area contributed by atoms with E-state index in [1.165, 1.54) is 17.6 Å². The minimum absolute atomic E-state index is 0.209. The Morgan fingerprint density at radius 1 is 1.10 bits per heavy atom. The van der Waals surface area contributed by atoms with Crippen molar-refractivity contribution < 1.29 is 18.7 Å². The lowest BCUT2D eigenvalue weighted by molar-refractivity contribution is 0.0995. The molecular formula is C21H20ClN3O4S. The zero-order valence-electron chi connectivity index (χ0n) is 16.2. The van der Waals surface area contributed by atoms with Crippen LogP contribution in [0.2, 0.25) is 5.02 Å². The summed E-state index contributed by atoms with van der Waals surface area (Å²) in [6.07, 6.45) is 1.44. The molecule has 0 bridgehead atoms. The van der Waals surface area contributed by atoms with Gasteiger partial charge in [-0.2, -0.15) is 0 Å². The maximum Gasteiger partial charge on any atom is 0.291 e. The average Bonchev–Trinajstić information content (AvgIpc) is 3.39. The number of morpholine rings is 1. The van der Waals surface area contributed by atoms with Crippen LogP contribution in [0.25, 0.3) is 0 Å². The van der Waals surface area contributed by atoms with Crippen molar-refractivity contribution in [3.05, 3.63) is 63.9 Å². The van der Waals surface area contributed by atoms with Crippen LogP contribution in [0.5, 0.6) is 0 Å². The van der Waals surface area contributed by atoms with Crippen molar-refractivity contribution in [2.24, 2.45) is 0 Å². The zero-order chi connectivity index (χ0) is 21.1. The summed E-state index contributed by atoms with van der Waals surface area (Å²) in [6, 6.07) is 10.4. The van der Waals surface area contributed by atoms with Gasteiger partial charge in [-0.25, -0.2) is 0 Å². The molecule has 2 N–H and O–H groups in total. The fourth-order valence-corrected chi connectivity index (χ4v) is 4.51. The van der Waals surface area contributed by atoms with Crippen molar-refractivity contribution >= 4 is 51.1 Å². The number of aryl methyl sites for hydroxylation is 1. The lowest BCUT2D eigenvalue weighted by atomic mass is 10.2. The van der Waals surface area contributed by atoms with Crippen LogP contribution < -0.4 is 15.5 Å². The van der Waals surface area contributed by atoms with Gasteiger partial charge in [-0.05, 0) is 42.8 Å². The van der Waals surface area contributed by atoms with Crippen LogP contribution in [0.3, 0.4) is 0 Å². The summed E-state index contributed by atoms with van der Waals surface area (Å²) >= 11 is 7.65. The minimum atomic E-state index is -0.363. The molecule has 4 rings (SSSR count).